The largest absolute Gasteiger partial charge is 0.448 e. The minimum atomic E-state index is -0.913. The van der Waals surface area contributed by atoms with Gasteiger partial charge in [0.2, 0.25) is 5.91 Å². The Morgan fingerprint density at radius 3 is 2.32 bits per heavy atom. The number of esters is 1. The summed E-state index contributed by atoms with van der Waals surface area (Å²) in [4.78, 5) is 37.6. The highest BCUT2D eigenvalue weighted by Crippen LogP contribution is 2.29. The zero-order chi connectivity index (χ0) is 20.1. The zero-order valence-electron chi connectivity index (χ0n) is 16.0. The number of ether oxygens (including phenoxy) is 1. The fourth-order valence-electron chi connectivity index (χ4n) is 3.12. The monoisotopic (exact) mass is 400 g/mol. The third-order valence-corrected chi connectivity index (χ3v) is 5.79. The Balaban J connectivity index is 1.56. The Labute approximate surface area is 168 Å². The molecule has 2 amide bonds. The molecule has 0 spiro atoms. The van der Waals surface area contributed by atoms with Crippen LogP contribution < -0.4 is 10.6 Å². The van der Waals surface area contributed by atoms with Crippen LogP contribution in [0.3, 0.4) is 0 Å². The van der Waals surface area contributed by atoms with Crippen LogP contribution in [-0.2, 0) is 27.2 Å². The van der Waals surface area contributed by atoms with Gasteiger partial charge in [-0.25, -0.2) is 4.79 Å². The molecule has 0 saturated heterocycles. The highest BCUT2D eigenvalue weighted by Gasteiger charge is 2.22. The number of thiophene rings is 1. The molecule has 0 bridgehead atoms. The lowest BCUT2D eigenvalue weighted by atomic mass is 10.1. The Morgan fingerprint density at radius 1 is 1.00 bits per heavy atom. The van der Waals surface area contributed by atoms with Gasteiger partial charge < -0.3 is 15.4 Å². The lowest BCUT2D eigenvalue weighted by Gasteiger charge is -2.13. The van der Waals surface area contributed by atoms with Crippen LogP contribution in [0.1, 0.15) is 53.2 Å². The van der Waals surface area contributed by atoms with Crippen molar-refractivity contribution in [2.45, 2.75) is 52.1 Å². The maximum absolute atomic E-state index is 12.4. The molecule has 6 nitrogen and oxygen atoms in total. The summed E-state index contributed by atoms with van der Waals surface area (Å²) in [5, 5.41) is 5.37. The van der Waals surface area contributed by atoms with E-state index in [-0.39, 0.29) is 5.91 Å². The van der Waals surface area contributed by atoms with Gasteiger partial charge in [-0.3, -0.25) is 9.59 Å². The second-order valence-electron chi connectivity index (χ2n) is 6.92. The molecule has 1 heterocycles. The Bertz CT molecular complexity index is 850. The van der Waals surface area contributed by atoms with Crippen LogP contribution in [0.4, 0.5) is 11.4 Å². The molecule has 2 aromatic rings. The number of carbonyl (C=O) groups excluding carboxylic acids is 3. The van der Waals surface area contributed by atoms with Crippen molar-refractivity contribution in [3.05, 3.63) is 45.6 Å². The molecule has 1 aromatic heterocycles. The molecule has 148 valence electrons. The smallest absolute Gasteiger partial charge is 0.349 e. The molecule has 7 heteroatoms. The van der Waals surface area contributed by atoms with E-state index in [9.17, 15) is 14.4 Å². The van der Waals surface area contributed by atoms with Gasteiger partial charge in [-0.05, 0) is 68.5 Å². The Kier molecular flexibility index (Phi) is 6.46. The summed E-state index contributed by atoms with van der Waals surface area (Å²) >= 11 is 1.48. The van der Waals surface area contributed by atoms with E-state index in [1.165, 1.54) is 35.1 Å². The molecule has 1 aliphatic carbocycles. The van der Waals surface area contributed by atoms with Crippen LogP contribution in [0, 0.1) is 0 Å². The maximum Gasteiger partial charge on any atom is 0.349 e. The Morgan fingerprint density at radius 2 is 1.64 bits per heavy atom. The molecule has 0 radical (unpaired) electrons. The van der Waals surface area contributed by atoms with Gasteiger partial charge in [0.25, 0.3) is 5.91 Å². The molecule has 2 N–H and O–H groups in total. The van der Waals surface area contributed by atoms with Crippen molar-refractivity contribution in [3.8, 4) is 0 Å². The quantitative estimate of drug-likeness (QED) is 0.583. The van der Waals surface area contributed by atoms with Gasteiger partial charge in [0.15, 0.2) is 6.10 Å². The molecule has 1 aliphatic rings. The number of anilines is 2. The number of fused-ring (bicyclic) bond motifs is 1. The third-order valence-electron chi connectivity index (χ3n) is 4.57. The Hall–Kier alpha value is -2.67. The lowest BCUT2D eigenvalue weighted by molar-refractivity contribution is -0.123. The normalized spacial score (nSPS) is 14.4. The second-order valence-corrected chi connectivity index (χ2v) is 8.05. The average Bonchev–Trinajstić information content (AvgIpc) is 2.93. The van der Waals surface area contributed by atoms with Crippen molar-refractivity contribution in [2.75, 3.05) is 10.6 Å². The van der Waals surface area contributed by atoms with E-state index in [0.29, 0.717) is 16.3 Å². The van der Waals surface area contributed by atoms with E-state index >= 15 is 0 Å². The molecular weight excluding hydrogens is 376 g/mol. The van der Waals surface area contributed by atoms with E-state index in [1.54, 1.807) is 31.2 Å². The number of amides is 2. The summed E-state index contributed by atoms with van der Waals surface area (Å²) in [6.45, 7) is 2.98. The summed E-state index contributed by atoms with van der Waals surface area (Å²) in [5.41, 5.74) is 2.44. The molecule has 0 fully saturated rings. The summed E-state index contributed by atoms with van der Waals surface area (Å²) < 4.78 is 5.36. The molecule has 1 atom stereocenters. The summed E-state index contributed by atoms with van der Waals surface area (Å²) in [7, 11) is 0. The van der Waals surface area contributed by atoms with E-state index in [4.69, 9.17) is 4.74 Å². The van der Waals surface area contributed by atoms with Crippen molar-refractivity contribution >= 4 is 40.5 Å². The van der Waals surface area contributed by atoms with Crippen LogP contribution in [0.5, 0.6) is 0 Å². The van der Waals surface area contributed by atoms with Gasteiger partial charge in [-0.2, -0.15) is 0 Å². The molecule has 3 rings (SSSR count). The van der Waals surface area contributed by atoms with E-state index in [0.717, 1.165) is 25.7 Å². The van der Waals surface area contributed by atoms with Gasteiger partial charge in [-0.15, -0.1) is 11.3 Å². The fourth-order valence-corrected chi connectivity index (χ4v) is 4.26. The highest BCUT2D eigenvalue weighted by atomic mass is 32.1. The number of hydrogen-bond acceptors (Lipinski definition) is 5. The van der Waals surface area contributed by atoms with Gasteiger partial charge in [0.05, 0.1) is 0 Å². The van der Waals surface area contributed by atoms with Crippen LogP contribution in [0.15, 0.2) is 30.3 Å². The van der Waals surface area contributed by atoms with Crippen molar-refractivity contribution < 1.29 is 19.1 Å². The average molecular weight is 401 g/mol. The number of nitrogens with one attached hydrogen (secondary N) is 2. The SMILES string of the molecule is CC(=O)Nc1ccc(NC(=O)C(C)OC(=O)c2cc3c(s2)CCCCC3)cc1. The number of rotatable bonds is 5. The second kappa shape index (κ2) is 9.01. The first-order valence-corrected chi connectivity index (χ1v) is 10.2. The number of aryl methyl sites for hydroxylation is 2. The molecule has 0 aliphatic heterocycles. The molecule has 1 unspecified atom stereocenters. The summed E-state index contributed by atoms with van der Waals surface area (Å²) in [6.07, 6.45) is 4.63. The summed E-state index contributed by atoms with van der Waals surface area (Å²) in [6, 6.07) is 8.64. The number of carbonyl (C=O) groups is 3. The van der Waals surface area contributed by atoms with Gasteiger partial charge >= 0.3 is 5.97 Å². The van der Waals surface area contributed by atoms with Crippen LogP contribution in [0.2, 0.25) is 0 Å². The highest BCUT2D eigenvalue weighted by molar-refractivity contribution is 7.14. The van der Waals surface area contributed by atoms with Crippen molar-refractivity contribution in [3.63, 3.8) is 0 Å². The van der Waals surface area contributed by atoms with Crippen LogP contribution in [-0.4, -0.2) is 23.9 Å². The molecule has 28 heavy (non-hydrogen) atoms. The van der Waals surface area contributed by atoms with Crippen LogP contribution in [0.25, 0.3) is 0 Å². The first-order valence-electron chi connectivity index (χ1n) is 9.43. The van der Waals surface area contributed by atoms with Crippen molar-refractivity contribution in [1.82, 2.24) is 0 Å². The predicted molar refractivity (Wildman–Crippen MR) is 110 cm³/mol. The van der Waals surface area contributed by atoms with E-state index < -0.39 is 18.0 Å². The third kappa shape index (κ3) is 5.19. The van der Waals surface area contributed by atoms with Gasteiger partial charge in [-0.1, -0.05) is 6.42 Å². The number of benzene rings is 1. The minimum absolute atomic E-state index is 0.164. The maximum atomic E-state index is 12.4. The molecule has 0 saturated carbocycles. The minimum Gasteiger partial charge on any atom is -0.448 e. The number of hydrogen-bond donors (Lipinski definition) is 2. The van der Waals surface area contributed by atoms with E-state index in [2.05, 4.69) is 10.6 Å². The fraction of sp³-hybridized carbons (Fsp3) is 0.381. The van der Waals surface area contributed by atoms with Gasteiger partial charge in [0, 0.05) is 23.2 Å². The van der Waals surface area contributed by atoms with Crippen LogP contribution >= 0.6 is 11.3 Å². The predicted octanol–water partition coefficient (Wildman–Crippen LogP) is 4.16. The van der Waals surface area contributed by atoms with Crippen molar-refractivity contribution in [1.29, 1.82) is 0 Å². The standard InChI is InChI=1S/C21H24N2O4S/c1-13(20(25)23-17-10-8-16(9-11-17)22-14(2)24)27-21(26)19-12-15-6-4-3-5-7-18(15)28-19/h8-13H,3-7H2,1-2H3,(H,22,24)(H,23,25). The zero-order valence-corrected chi connectivity index (χ0v) is 16.9. The van der Waals surface area contributed by atoms with Gasteiger partial charge in [0.1, 0.15) is 4.88 Å². The molecule has 1 aromatic carbocycles. The van der Waals surface area contributed by atoms with E-state index in [1.807, 2.05) is 6.07 Å². The topological polar surface area (TPSA) is 84.5 Å². The first kappa shape index (κ1) is 20.1. The van der Waals surface area contributed by atoms with Crippen molar-refractivity contribution in [2.24, 2.45) is 0 Å². The first-order chi connectivity index (χ1) is 13.4. The summed E-state index contributed by atoms with van der Waals surface area (Å²) in [5.74, 6) is -1.02. The molecular formula is C21H24N2O4S. The lowest BCUT2D eigenvalue weighted by Crippen LogP contribution is -2.29.